The zero-order chi connectivity index (χ0) is 12.5. The molecule has 0 spiro atoms. The maximum Gasteiger partial charge on any atom is 0.224 e. The number of carbonyl (C=O) groups excluding carboxylic acids is 1. The minimum Gasteiger partial charge on any atom is -0.356 e. The van der Waals surface area contributed by atoms with Gasteiger partial charge in [0.05, 0.1) is 5.92 Å². The number of nitrogens with one attached hydrogen (secondary N) is 2. The monoisotopic (exact) mass is 276 g/mol. The van der Waals surface area contributed by atoms with Crippen molar-refractivity contribution in [3.8, 4) is 0 Å². The molecule has 0 aromatic heterocycles. The van der Waals surface area contributed by atoms with Crippen molar-refractivity contribution in [2.24, 2.45) is 11.8 Å². The average molecular weight is 277 g/mol. The third kappa shape index (κ3) is 6.60. The lowest BCUT2D eigenvalue weighted by molar-refractivity contribution is -0.124. The Labute approximate surface area is 118 Å². The molecule has 0 aliphatic carbocycles. The normalized spacial score (nSPS) is 20.2. The molecule has 2 unspecified atom stereocenters. The molecule has 1 aliphatic rings. The number of carbonyl (C=O) groups is 1. The first-order valence-electron chi connectivity index (χ1n) is 7.26. The highest BCUT2D eigenvalue weighted by molar-refractivity contribution is 5.85. The first-order valence-corrected chi connectivity index (χ1v) is 7.26. The molecule has 1 heterocycles. The molecule has 1 saturated heterocycles. The average Bonchev–Trinajstić information content (AvgIpc) is 2.86. The van der Waals surface area contributed by atoms with Crippen LogP contribution < -0.4 is 10.6 Å². The third-order valence-corrected chi connectivity index (χ3v) is 3.66. The molecule has 0 aromatic rings. The van der Waals surface area contributed by atoms with Crippen molar-refractivity contribution in [2.75, 3.05) is 19.6 Å². The molecule has 0 bridgehead atoms. The first kappa shape index (κ1) is 17.7. The highest BCUT2D eigenvalue weighted by Crippen LogP contribution is 2.14. The summed E-state index contributed by atoms with van der Waals surface area (Å²) < 4.78 is 0. The summed E-state index contributed by atoms with van der Waals surface area (Å²) in [6.07, 6.45) is 7.25. The van der Waals surface area contributed by atoms with Crippen molar-refractivity contribution in [1.29, 1.82) is 0 Å². The lowest BCUT2D eigenvalue weighted by Crippen LogP contribution is -2.35. The Hall–Kier alpha value is -0.280. The van der Waals surface area contributed by atoms with E-state index in [1.165, 1.54) is 32.1 Å². The summed E-state index contributed by atoms with van der Waals surface area (Å²) in [5.74, 6) is 1.15. The van der Waals surface area contributed by atoms with E-state index in [1.54, 1.807) is 0 Å². The molecule has 18 heavy (non-hydrogen) atoms. The van der Waals surface area contributed by atoms with Gasteiger partial charge in [-0.05, 0) is 31.7 Å². The molecule has 1 amide bonds. The molecule has 4 heteroatoms. The van der Waals surface area contributed by atoms with E-state index >= 15 is 0 Å². The fourth-order valence-corrected chi connectivity index (χ4v) is 2.52. The number of rotatable bonds is 8. The van der Waals surface area contributed by atoms with E-state index in [-0.39, 0.29) is 24.2 Å². The fourth-order valence-electron chi connectivity index (χ4n) is 2.52. The number of unbranched alkanes of at least 4 members (excludes halogenated alkanes) is 1. The van der Waals surface area contributed by atoms with Crippen molar-refractivity contribution in [3.63, 3.8) is 0 Å². The van der Waals surface area contributed by atoms with Crippen LogP contribution in [0.3, 0.4) is 0 Å². The van der Waals surface area contributed by atoms with Gasteiger partial charge in [0.15, 0.2) is 0 Å². The van der Waals surface area contributed by atoms with E-state index in [1.807, 2.05) is 0 Å². The van der Waals surface area contributed by atoms with Crippen LogP contribution in [0.2, 0.25) is 0 Å². The van der Waals surface area contributed by atoms with Crippen LogP contribution in [-0.2, 0) is 4.79 Å². The number of hydrogen-bond donors (Lipinski definition) is 2. The second kappa shape index (κ2) is 10.6. The van der Waals surface area contributed by atoms with Gasteiger partial charge in [-0.3, -0.25) is 4.79 Å². The fraction of sp³-hybridized carbons (Fsp3) is 0.929. The maximum atomic E-state index is 11.9. The third-order valence-electron chi connectivity index (χ3n) is 3.66. The molecule has 0 aromatic carbocycles. The van der Waals surface area contributed by atoms with Crippen LogP contribution in [0.4, 0.5) is 0 Å². The molecular formula is C14H29ClN2O. The smallest absolute Gasteiger partial charge is 0.224 e. The van der Waals surface area contributed by atoms with Gasteiger partial charge in [-0.15, -0.1) is 12.4 Å². The summed E-state index contributed by atoms with van der Waals surface area (Å²) in [6, 6.07) is 0. The van der Waals surface area contributed by atoms with Gasteiger partial charge in [-0.1, -0.05) is 33.1 Å². The molecule has 1 rings (SSSR count). The Morgan fingerprint density at radius 3 is 2.67 bits per heavy atom. The summed E-state index contributed by atoms with van der Waals surface area (Å²) >= 11 is 0. The molecule has 2 atom stereocenters. The van der Waals surface area contributed by atoms with Crippen LogP contribution in [0.1, 0.15) is 52.4 Å². The predicted molar refractivity (Wildman–Crippen MR) is 79.2 cm³/mol. The Morgan fingerprint density at radius 2 is 2.11 bits per heavy atom. The van der Waals surface area contributed by atoms with Crippen molar-refractivity contribution < 1.29 is 4.79 Å². The van der Waals surface area contributed by atoms with Crippen LogP contribution in [0.5, 0.6) is 0 Å². The van der Waals surface area contributed by atoms with Crippen LogP contribution in [0.25, 0.3) is 0 Å². The lowest BCUT2D eigenvalue weighted by atomic mass is 9.96. The summed E-state index contributed by atoms with van der Waals surface area (Å²) in [7, 11) is 0. The summed E-state index contributed by atoms with van der Waals surface area (Å²) in [5, 5.41) is 6.38. The number of amides is 1. The van der Waals surface area contributed by atoms with Gasteiger partial charge in [0.1, 0.15) is 0 Å². The summed E-state index contributed by atoms with van der Waals surface area (Å²) in [4.78, 5) is 11.9. The Bertz CT molecular complexity index is 218. The topological polar surface area (TPSA) is 41.1 Å². The van der Waals surface area contributed by atoms with Crippen LogP contribution in [0, 0.1) is 11.8 Å². The SMILES string of the molecule is CCCCC(CCC)CNC(=O)C1CCNC1.Cl. The summed E-state index contributed by atoms with van der Waals surface area (Å²) in [5.41, 5.74) is 0. The van der Waals surface area contributed by atoms with E-state index in [2.05, 4.69) is 24.5 Å². The van der Waals surface area contributed by atoms with E-state index in [0.717, 1.165) is 26.1 Å². The first-order chi connectivity index (χ1) is 8.27. The quantitative estimate of drug-likeness (QED) is 0.716. The Morgan fingerprint density at radius 1 is 1.33 bits per heavy atom. The minimum atomic E-state index is 0. The predicted octanol–water partition coefficient (Wildman–Crippen LogP) is 2.74. The molecule has 108 valence electrons. The van der Waals surface area contributed by atoms with Gasteiger partial charge in [0, 0.05) is 13.1 Å². The number of hydrogen-bond acceptors (Lipinski definition) is 2. The molecular weight excluding hydrogens is 248 g/mol. The minimum absolute atomic E-state index is 0. The molecule has 0 saturated carbocycles. The zero-order valence-corrected chi connectivity index (χ0v) is 12.7. The molecule has 3 nitrogen and oxygen atoms in total. The van der Waals surface area contributed by atoms with Crippen molar-refractivity contribution >= 4 is 18.3 Å². The summed E-state index contributed by atoms with van der Waals surface area (Å²) in [6.45, 7) is 7.18. The van der Waals surface area contributed by atoms with E-state index in [9.17, 15) is 4.79 Å². The molecule has 2 N–H and O–H groups in total. The Balaban J connectivity index is 0.00000289. The molecule has 0 radical (unpaired) electrons. The van der Waals surface area contributed by atoms with Crippen LogP contribution >= 0.6 is 12.4 Å². The van der Waals surface area contributed by atoms with E-state index in [0.29, 0.717) is 5.92 Å². The van der Waals surface area contributed by atoms with Crippen LogP contribution in [0.15, 0.2) is 0 Å². The largest absolute Gasteiger partial charge is 0.356 e. The Kier molecular flexibility index (Phi) is 10.5. The highest BCUT2D eigenvalue weighted by atomic mass is 35.5. The van der Waals surface area contributed by atoms with Crippen LogP contribution in [-0.4, -0.2) is 25.5 Å². The molecule has 1 aliphatic heterocycles. The standard InChI is InChI=1S/C14H28N2O.ClH/c1-3-5-7-12(6-4-2)10-16-14(17)13-8-9-15-11-13;/h12-13,15H,3-11H2,1-2H3,(H,16,17);1H. The van der Waals surface area contributed by atoms with Crippen molar-refractivity contribution in [1.82, 2.24) is 10.6 Å². The lowest BCUT2D eigenvalue weighted by Gasteiger charge is -2.18. The van der Waals surface area contributed by atoms with Gasteiger partial charge in [0.25, 0.3) is 0 Å². The number of halogens is 1. The second-order valence-electron chi connectivity index (χ2n) is 5.23. The second-order valence-corrected chi connectivity index (χ2v) is 5.23. The van der Waals surface area contributed by atoms with Gasteiger partial charge in [0.2, 0.25) is 5.91 Å². The van der Waals surface area contributed by atoms with E-state index < -0.39 is 0 Å². The van der Waals surface area contributed by atoms with Crippen molar-refractivity contribution in [2.45, 2.75) is 52.4 Å². The van der Waals surface area contributed by atoms with Gasteiger partial charge < -0.3 is 10.6 Å². The maximum absolute atomic E-state index is 11.9. The van der Waals surface area contributed by atoms with E-state index in [4.69, 9.17) is 0 Å². The van der Waals surface area contributed by atoms with Gasteiger partial charge in [-0.25, -0.2) is 0 Å². The van der Waals surface area contributed by atoms with Crippen molar-refractivity contribution in [3.05, 3.63) is 0 Å². The highest BCUT2D eigenvalue weighted by Gasteiger charge is 2.22. The van der Waals surface area contributed by atoms with Gasteiger partial charge >= 0.3 is 0 Å². The zero-order valence-electron chi connectivity index (χ0n) is 11.8. The molecule has 1 fully saturated rings. The van der Waals surface area contributed by atoms with Gasteiger partial charge in [-0.2, -0.15) is 0 Å².